The van der Waals surface area contributed by atoms with Crippen LogP contribution >= 0.6 is 23.3 Å². The lowest BCUT2D eigenvalue weighted by molar-refractivity contribution is 0.0985. The van der Waals surface area contributed by atoms with Crippen molar-refractivity contribution in [3.63, 3.8) is 0 Å². The number of rotatable bonds is 5. The average molecular weight is 385 g/mol. The molecule has 1 aliphatic rings. The van der Waals surface area contributed by atoms with Gasteiger partial charge in [-0.1, -0.05) is 0 Å². The molecule has 3 rings (SSSR count). The number of sulfonamides is 1. The maximum Gasteiger partial charge on any atom is 0.275 e. The molecule has 0 spiro atoms. The molecule has 24 heavy (non-hydrogen) atoms. The Balaban J connectivity index is 1.68. The molecule has 0 atom stereocenters. The number of benzene rings is 1. The normalized spacial score (nSPS) is 15.5. The highest BCUT2D eigenvalue weighted by Crippen LogP contribution is 2.32. The fraction of sp³-hybridized carbons (Fsp3) is 0.267. The molecular formula is C15H16N2O4S3. The van der Waals surface area contributed by atoms with Crippen LogP contribution < -0.4 is 4.72 Å². The quantitative estimate of drug-likeness (QED) is 0.771. The molecule has 1 amide bonds. The summed E-state index contributed by atoms with van der Waals surface area (Å²) in [5.41, 5.74) is 0. The summed E-state index contributed by atoms with van der Waals surface area (Å²) in [5, 5.41) is 9.22. The van der Waals surface area contributed by atoms with Crippen molar-refractivity contribution in [1.82, 2.24) is 9.03 Å². The van der Waals surface area contributed by atoms with E-state index >= 15 is 0 Å². The number of hydrogen-bond donors (Lipinski definition) is 2. The Morgan fingerprint density at radius 2 is 1.79 bits per heavy atom. The summed E-state index contributed by atoms with van der Waals surface area (Å²) < 4.78 is 29.6. The Morgan fingerprint density at radius 3 is 2.46 bits per heavy atom. The smallest absolute Gasteiger partial charge is 0.275 e. The third kappa shape index (κ3) is 4.10. The highest BCUT2D eigenvalue weighted by molar-refractivity contribution is 7.99. The van der Waals surface area contributed by atoms with E-state index in [1.54, 1.807) is 18.0 Å². The van der Waals surface area contributed by atoms with Gasteiger partial charge in [-0.2, -0.15) is 0 Å². The predicted molar refractivity (Wildman–Crippen MR) is 93.7 cm³/mol. The molecule has 0 radical (unpaired) electrons. The van der Waals surface area contributed by atoms with Gasteiger partial charge < -0.3 is 5.11 Å². The molecule has 1 aliphatic heterocycles. The summed E-state index contributed by atoms with van der Waals surface area (Å²) in [6.07, 6.45) is 2.35. The minimum atomic E-state index is -3.96. The number of nitrogens with zero attached hydrogens (tertiary/aromatic N) is 1. The van der Waals surface area contributed by atoms with Crippen molar-refractivity contribution in [3.05, 3.63) is 41.3 Å². The van der Waals surface area contributed by atoms with Crippen molar-refractivity contribution in [2.45, 2.75) is 21.9 Å². The van der Waals surface area contributed by atoms with Gasteiger partial charge in [0.25, 0.3) is 15.9 Å². The van der Waals surface area contributed by atoms with Crippen LogP contribution in [0.1, 0.15) is 22.5 Å². The SMILES string of the molecule is O=C(NS(=O)(=O)c1ccc(O)cc1)c1ccc(SN2CCCC2)s1. The Labute approximate surface area is 148 Å². The van der Waals surface area contributed by atoms with Crippen LogP contribution in [0.25, 0.3) is 0 Å². The van der Waals surface area contributed by atoms with Crippen molar-refractivity contribution in [2.75, 3.05) is 13.1 Å². The number of amides is 1. The average Bonchev–Trinajstić information content (AvgIpc) is 3.19. The first-order valence-corrected chi connectivity index (χ1v) is 10.4. The Hall–Kier alpha value is -1.55. The number of hydrogen-bond acceptors (Lipinski definition) is 7. The summed E-state index contributed by atoms with van der Waals surface area (Å²) in [5.74, 6) is -0.691. The van der Waals surface area contributed by atoms with E-state index in [1.165, 1.54) is 48.4 Å². The number of nitrogens with one attached hydrogen (secondary N) is 1. The zero-order valence-corrected chi connectivity index (χ0v) is 15.1. The minimum absolute atomic E-state index is 0.0397. The van der Waals surface area contributed by atoms with E-state index in [9.17, 15) is 18.3 Å². The van der Waals surface area contributed by atoms with Crippen LogP contribution in [0.3, 0.4) is 0 Å². The van der Waals surface area contributed by atoms with Crippen LogP contribution in [0, 0.1) is 0 Å². The van der Waals surface area contributed by atoms with Gasteiger partial charge in [0.1, 0.15) is 5.75 Å². The number of carbonyl (C=O) groups excluding carboxylic acids is 1. The number of carbonyl (C=O) groups is 1. The summed E-state index contributed by atoms with van der Waals surface area (Å²) in [7, 11) is -3.96. The van der Waals surface area contributed by atoms with E-state index in [4.69, 9.17) is 0 Å². The van der Waals surface area contributed by atoms with E-state index in [1.807, 2.05) is 6.07 Å². The van der Waals surface area contributed by atoms with Crippen molar-refractivity contribution in [3.8, 4) is 5.75 Å². The molecule has 2 N–H and O–H groups in total. The van der Waals surface area contributed by atoms with Crippen molar-refractivity contribution >= 4 is 39.2 Å². The van der Waals surface area contributed by atoms with Gasteiger partial charge in [0.05, 0.1) is 14.0 Å². The van der Waals surface area contributed by atoms with E-state index in [0.29, 0.717) is 4.88 Å². The van der Waals surface area contributed by atoms with Crippen LogP contribution in [0.15, 0.2) is 45.5 Å². The fourth-order valence-corrected chi connectivity index (χ4v) is 5.48. The summed E-state index contributed by atoms with van der Waals surface area (Å²) in [4.78, 5) is 12.5. The Morgan fingerprint density at radius 1 is 1.12 bits per heavy atom. The zero-order valence-electron chi connectivity index (χ0n) is 12.6. The molecule has 1 fully saturated rings. The maximum atomic E-state index is 12.2. The first-order chi connectivity index (χ1) is 11.4. The van der Waals surface area contributed by atoms with E-state index < -0.39 is 15.9 Å². The van der Waals surface area contributed by atoms with Crippen molar-refractivity contribution < 1.29 is 18.3 Å². The summed E-state index contributed by atoms with van der Waals surface area (Å²) >= 11 is 2.87. The van der Waals surface area contributed by atoms with Gasteiger partial charge in [0, 0.05) is 13.1 Å². The van der Waals surface area contributed by atoms with Crippen LogP contribution in [0.2, 0.25) is 0 Å². The molecule has 9 heteroatoms. The van der Waals surface area contributed by atoms with Gasteiger partial charge in [0.2, 0.25) is 0 Å². The lowest BCUT2D eigenvalue weighted by Gasteiger charge is -2.10. The monoisotopic (exact) mass is 384 g/mol. The highest BCUT2D eigenvalue weighted by Gasteiger charge is 2.21. The van der Waals surface area contributed by atoms with Gasteiger partial charge in [-0.3, -0.25) is 4.79 Å². The number of phenolic OH excluding ortho intramolecular Hbond substituents is 1. The standard InChI is InChI=1S/C15H16N2O4S3/c18-11-3-5-12(6-4-11)24(20,21)16-15(19)13-7-8-14(22-13)23-17-9-1-2-10-17/h3-8,18H,1-2,9-10H2,(H,16,19). The molecule has 1 saturated heterocycles. The second-order valence-electron chi connectivity index (χ2n) is 5.27. The van der Waals surface area contributed by atoms with Gasteiger partial charge >= 0.3 is 0 Å². The lowest BCUT2D eigenvalue weighted by atomic mass is 10.3. The largest absolute Gasteiger partial charge is 0.508 e. The molecule has 0 saturated carbocycles. The predicted octanol–water partition coefficient (Wildman–Crippen LogP) is 2.68. The molecule has 1 aromatic heterocycles. The fourth-order valence-electron chi connectivity index (χ4n) is 2.25. The molecule has 0 bridgehead atoms. The number of phenols is 1. The second-order valence-corrected chi connectivity index (χ2v) is 9.44. The topological polar surface area (TPSA) is 86.7 Å². The van der Waals surface area contributed by atoms with Gasteiger partial charge in [-0.15, -0.1) is 11.3 Å². The van der Waals surface area contributed by atoms with Gasteiger partial charge in [0.15, 0.2) is 0 Å². The Kier molecular flexibility index (Phi) is 5.14. The Bertz CT molecular complexity index is 825. The van der Waals surface area contributed by atoms with Crippen molar-refractivity contribution in [1.29, 1.82) is 0 Å². The molecule has 0 unspecified atom stereocenters. The highest BCUT2D eigenvalue weighted by atomic mass is 32.2. The van der Waals surface area contributed by atoms with Crippen LogP contribution in [0.4, 0.5) is 0 Å². The second kappa shape index (κ2) is 7.14. The molecular weight excluding hydrogens is 368 g/mol. The van der Waals surface area contributed by atoms with Crippen molar-refractivity contribution in [2.24, 2.45) is 0 Å². The molecule has 2 heterocycles. The summed E-state index contributed by atoms with van der Waals surface area (Å²) in [6.45, 7) is 2.05. The van der Waals surface area contributed by atoms with E-state index in [2.05, 4.69) is 9.03 Å². The number of aromatic hydroxyl groups is 1. The van der Waals surface area contributed by atoms with Crippen LogP contribution in [0.5, 0.6) is 5.75 Å². The maximum absolute atomic E-state index is 12.2. The molecule has 2 aromatic rings. The van der Waals surface area contributed by atoms with Crippen LogP contribution in [-0.4, -0.2) is 36.8 Å². The minimum Gasteiger partial charge on any atom is -0.508 e. The third-order valence-electron chi connectivity index (χ3n) is 3.46. The molecule has 6 nitrogen and oxygen atoms in total. The van der Waals surface area contributed by atoms with E-state index in [0.717, 1.165) is 17.3 Å². The number of thiophene rings is 1. The molecule has 0 aliphatic carbocycles. The van der Waals surface area contributed by atoms with Gasteiger partial charge in [-0.25, -0.2) is 17.4 Å². The van der Waals surface area contributed by atoms with Gasteiger partial charge in [-0.05, 0) is 61.2 Å². The first kappa shape index (κ1) is 17.3. The van der Waals surface area contributed by atoms with Crippen LogP contribution in [-0.2, 0) is 10.0 Å². The molecule has 1 aromatic carbocycles. The lowest BCUT2D eigenvalue weighted by Crippen LogP contribution is -2.29. The zero-order chi connectivity index (χ0) is 17.2. The molecule has 128 valence electrons. The first-order valence-electron chi connectivity index (χ1n) is 7.33. The van der Waals surface area contributed by atoms with E-state index in [-0.39, 0.29) is 10.6 Å². The third-order valence-corrected chi connectivity index (χ3v) is 7.10. The summed E-state index contributed by atoms with van der Waals surface area (Å²) in [6, 6.07) is 8.46.